The van der Waals surface area contributed by atoms with Gasteiger partial charge in [-0.05, 0) is 25.0 Å². The van der Waals surface area contributed by atoms with Crippen LogP contribution >= 0.6 is 11.6 Å². The first-order chi connectivity index (χ1) is 14.8. The number of aromatic nitrogens is 3. The summed E-state index contributed by atoms with van der Waals surface area (Å²) < 4.78 is 79.6. The van der Waals surface area contributed by atoms with Gasteiger partial charge < -0.3 is 15.3 Å². The second-order valence-corrected chi connectivity index (χ2v) is 8.07. The number of hydrogen-bond donors (Lipinski definition) is 3. The van der Waals surface area contributed by atoms with Gasteiger partial charge in [0.15, 0.2) is 11.4 Å². The fraction of sp³-hybridized carbons (Fsp3) is 0.500. The molecule has 1 saturated heterocycles. The molecule has 1 unspecified atom stereocenters. The lowest BCUT2D eigenvalue weighted by atomic mass is 9.81. The summed E-state index contributed by atoms with van der Waals surface area (Å²) in [7, 11) is 0. The van der Waals surface area contributed by atoms with Crippen molar-refractivity contribution in [3.8, 4) is 0 Å². The van der Waals surface area contributed by atoms with Crippen molar-refractivity contribution >= 4 is 29.1 Å². The van der Waals surface area contributed by atoms with Crippen molar-refractivity contribution in [3.05, 3.63) is 34.1 Å². The van der Waals surface area contributed by atoms with E-state index in [1.54, 1.807) is 4.90 Å². The zero-order valence-corrected chi connectivity index (χ0v) is 16.9. The van der Waals surface area contributed by atoms with E-state index in [2.05, 4.69) is 20.5 Å². The number of nitrogens with zero attached hydrogens (tertiary/aromatic N) is 3. The monoisotopic (exact) mass is 483 g/mol. The summed E-state index contributed by atoms with van der Waals surface area (Å²) >= 11 is 5.67. The third kappa shape index (κ3) is 3.76. The first-order valence-corrected chi connectivity index (χ1v) is 9.85. The highest BCUT2D eigenvalue weighted by atomic mass is 35.5. The second-order valence-electron chi connectivity index (χ2n) is 7.71. The van der Waals surface area contributed by atoms with Crippen LogP contribution in [0.5, 0.6) is 0 Å². The number of hydrogen-bond acceptors (Lipinski definition) is 5. The minimum atomic E-state index is -5.10. The topological polar surface area (TPSA) is 94.1 Å². The SMILES string of the molecule is O=C1CC(O)(C(F)(F)F)c2c(n[nH]c2C2CCN(c3ccc(C(F)(F)F)c(Cl)n3)CC2)N1. The molecule has 2 aliphatic heterocycles. The van der Waals surface area contributed by atoms with Crippen LogP contribution in [-0.2, 0) is 16.6 Å². The predicted molar refractivity (Wildman–Crippen MR) is 100 cm³/mol. The first kappa shape index (κ1) is 22.6. The van der Waals surface area contributed by atoms with E-state index in [1.165, 1.54) is 6.07 Å². The van der Waals surface area contributed by atoms with E-state index in [9.17, 15) is 36.2 Å². The number of fused-ring (bicyclic) bond motifs is 1. The van der Waals surface area contributed by atoms with Crippen LogP contribution < -0.4 is 10.2 Å². The molecule has 0 spiro atoms. The maximum atomic E-state index is 13.7. The van der Waals surface area contributed by atoms with Crippen LogP contribution in [0.15, 0.2) is 12.1 Å². The zero-order valence-electron chi connectivity index (χ0n) is 16.1. The molecule has 2 aromatic heterocycles. The normalized spacial score (nSPS) is 22.6. The third-order valence-electron chi connectivity index (χ3n) is 5.72. The number of aromatic amines is 1. The van der Waals surface area contributed by atoms with E-state index >= 15 is 0 Å². The molecule has 2 aliphatic rings. The Kier molecular flexibility index (Phi) is 5.31. The largest absolute Gasteiger partial charge is 0.422 e. The summed E-state index contributed by atoms with van der Waals surface area (Å²) in [6.45, 7) is 0.536. The maximum absolute atomic E-state index is 13.7. The minimum absolute atomic E-state index is 0.0675. The lowest BCUT2D eigenvalue weighted by molar-refractivity contribution is -0.267. The highest BCUT2D eigenvalue weighted by molar-refractivity contribution is 6.30. The number of rotatable bonds is 2. The molecule has 1 fully saturated rings. The van der Waals surface area contributed by atoms with Crippen LogP contribution in [0.25, 0.3) is 0 Å². The van der Waals surface area contributed by atoms with E-state index in [-0.39, 0.29) is 30.4 Å². The zero-order chi connectivity index (χ0) is 23.5. The van der Waals surface area contributed by atoms with Gasteiger partial charge in [-0.15, -0.1) is 0 Å². The van der Waals surface area contributed by atoms with Crippen molar-refractivity contribution in [1.29, 1.82) is 0 Å². The Labute approximate surface area is 181 Å². The number of carbonyl (C=O) groups excluding carboxylic acids is 1. The van der Waals surface area contributed by atoms with Crippen molar-refractivity contribution in [2.75, 3.05) is 23.3 Å². The number of H-pyrrole nitrogens is 1. The smallest absolute Gasteiger partial charge is 0.376 e. The Bertz CT molecular complexity index is 1050. The first-order valence-electron chi connectivity index (χ1n) is 9.47. The molecular formula is C18H16ClF6N5O2. The van der Waals surface area contributed by atoms with Gasteiger partial charge in [0.05, 0.1) is 17.5 Å². The standard InChI is InChI=1S/C18H16ClF6N5O2/c19-14-9(17(20,21)22)1-2-10(26-14)30-5-3-8(4-6-30)13-12-15(29-28-13)27-11(31)7-16(12,32)18(23,24)25/h1-2,8,32H,3-7H2,(H2,27,28,29,31). The molecule has 32 heavy (non-hydrogen) atoms. The van der Waals surface area contributed by atoms with Crippen molar-refractivity contribution in [1.82, 2.24) is 15.2 Å². The van der Waals surface area contributed by atoms with Crippen molar-refractivity contribution < 1.29 is 36.2 Å². The predicted octanol–water partition coefficient (Wildman–Crippen LogP) is 3.95. The highest BCUT2D eigenvalue weighted by Crippen LogP contribution is 2.50. The molecule has 1 atom stereocenters. The molecule has 0 bridgehead atoms. The number of anilines is 2. The number of piperidine rings is 1. The number of pyridine rings is 1. The summed E-state index contributed by atoms with van der Waals surface area (Å²) in [5.74, 6) is -1.62. The fourth-order valence-electron chi connectivity index (χ4n) is 4.11. The van der Waals surface area contributed by atoms with Crippen molar-refractivity contribution in [2.45, 2.75) is 43.1 Å². The molecule has 4 rings (SSSR count). The molecule has 3 N–H and O–H groups in total. The van der Waals surface area contributed by atoms with Gasteiger partial charge in [-0.25, -0.2) is 4.98 Å². The molecule has 1 amide bonds. The fourth-order valence-corrected chi connectivity index (χ4v) is 4.37. The third-order valence-corrected chi connectivity index (χ3v) is 6.01. The molecule has 4 heterocycles. The summed E-state index contributed by atoms with van der Waals surface area (Å²) in [6.07, 6.45) is -10.3. The quantitative estimate of drug-likeness (QED) is 0.444. The van der Waals surface area contributed by atoms with Crippen LogP contribution in [0.1, 0.15) is 42.0 Å². The summed E-state index contributed by atoms with van der Waals surface area (Å²) in [5.41, 5.74) is -4.86. The summed E-state index contributed by atoms with van der Waals surface area (Å²) in [6, 6.07) is 2.01. The van der Waals surface area contributed by atoms with Crippen LogP contribution in [0.4, 0.5) is 38.0 Å². The van der Waals surface area contributed by atoms with E-state index in [4.69, 9.17) is 11.6 Å². The number of carbonyl (C=O) groups is 1. The van der Waals surface area contributed by atoms with Gasteiger partial charge in [-0.3, -0.25) is 9.89 Å². The molecule has 2 aromatic rings. The number of halogens is 7. The molecule has 0 aliphatic carbocycles. The summed E-state index contributed by atoms with van der Waals surface area (Å²) in [4.78, 5) is 17.1. The van der Waals surface area contributed by atoms with Gasteiger partial charge >= 0.3 is 12.4 Å². The lowest BCUT2D eigenvalue weighted by Gasteiger charge is -2.37. The number of aliphatic hydroxyl groups is 1. The van der Waals surface area contributed by atoms with Gasteiger partial charge in [0.1, 0.15) is 11.0 Å². The maximum Gasteiger partial charge on any atom is 0.422 e. The highest BCUT2D eigenvalue weighted by Gasteiger charge is 2.61. The Morgan fingerprint density at radius 3 is 2.38 bits per heavy atom. The number of alkyl halides is 6. The Hall–Kier alpha value is -2.54. The molecule has 174 valence electrons. The molecular weight excluding hydrogens is 468 g/mol. The van der Waals surface area contributed by atoms with E-state index in [0.717, 1.165) is 6.07 Å². The average molecular weight is 484 g/mol. The van der Waals surface area contributed by atoms with Crippen LogP contribution in [0.2, 0.25) is 5.15 Å². The van der Waals surface area contributed by atoms with E-state index < -0.39 is 52.5 Å². The molecule has 0 radical (unpaired) electrons. The average Bonchev–Trinajstić information content (AvgIpc) is 3.10. The van der Waals surface area contributed by atoms with Gasteiger partial charge in [-0.1, -0.05) is 11.6 Å². The van der Waals surface area contributed by atoms with Gasteiger partial charge in [0.25, 0.3) is 0 Å². The van der Waals surface area contributed by atoms with Gasteiger partial charge in [-0.2, -0.15) is 31.4 Å². The van der Waals surface area contributed by atoms with Crippen LogP contribution in [0.3, 0.4) is 0 Å². The van der Waals surface area contributed by atoms with Gasteiger partial charge in [0.2, 0.25) is 5.91 Å². The van der Waals surface area contributed by atoms with Crippen LogP contribution in [-0.4, -0.2) is 45.5 Å². The van der Waals surface area contributed by atoms with E-state index in [0.29, 0.717) is 12.8 Å². The minimum Gasteiger partial charge on any atom is -0.376 e. The molecule has 0 saturated carbocycles. The molecule has 7 nitrogen and oxygen atoms in total. The Balaban J connectivity index is 1.56. The molecule has 0 aromatic carbocycles. The van der Waals surface area contributed by atoms with E-state index in [1.807, 2.05) is 0 Å². The Morgan fingerprint density at radius 2 is 1.81 bits per heavy atom. The second kappa shape index (κ2) is 7.51. The molecule has 14 heteroatoms. The van der Waals surface area contributed by atoms with Crippen molar-refractivity contribution in [3.63, 3.8) is 0 Å². The number of amides is 1. The number of nitrogens with one attached hydrogen (secondary N) is 2. The van der Waals surface area contributed by atoms with Crippen molar-refractivity contribution in [2.24, 2.45) is 0 Å². The summed E-state index contributed by atoms with van der Waals surface area (Å²) in [5, 5.41) is 18.2. The lowest BCUT2D eigenvalue weighted by Crippen LogP contribution is -2.49. The van der Waals surface area contributed by atoms with Crippen LogP contribution in [0, 0.1) is 0 Å². The Morgan fingerprint density at radius 1 is 1.16 bits per heavy atom. The van der Waals surface area contributed by atoms with Gasteiger partial charge in [0, 0.05) is 24.7 Å².